The Bertz CT molecular complexity index is 1350. The molecule has 2 aromatic carbocycles. The fourth-order valence-electron chi connectivity index (χ4n) is 3.58. The van der Waals surface area contributed by atoms with Crippen molar-refractivity contribution < 1.29 is 32.3 Å². The monoisotopic (exact) mass is 488 g/mol. The van der Waals surface area contributed by atoms with Crippen molar-refractivity contribution in [2.75, 3.05) is 13.2 Å². The fourth-order valence-corrected chi connectivity index (χ4v) is 3.58. The molecule has 11 heteroatoms. The van der Waals surface area contributed by atoms with Gasteiger partial charge < -0.3 is 24.3 Å². The standard InChI is InChI=1S/C24H23F3N4O4/c1-14-12-16(6-7-20(14)34-15(2)24(25,26)27)23-29-22(30-35-23)18-4-3-5-19-17(18)8-10-31(19)13-21(33)28-9-11-32/h3-8,10,12,15,32H,9,11,13H2,1-2H3,(H,28,33)/t15-/m0/s1. The number of benzene rings is 2. The number of hydrogen-bond donors (Lipinski definition) is 2. The highest BCUT2D eigenvalue weighted by Crippen LogP contribution is 2.32. The van der Waals surface area contributed by atoms with Crippen molar-refractivity contribution >= 4 is 16.8 Å². The number of nitrogens with zero attached hydrogens (tertiary/aromatic N) is 3. The molecule has 0 saturated carbocycles. The van der Waals surface area contributed by atoms with Gasteiger partial charge in [0.1, 0.15) is 12.3 Å². The zero-order valence-electron chi connectivity index (χ0n) is 19.0. The predicted molar refractivity (Wildman–Crippen MR) is 122 cm³/mol. The summed E-state index contributed by atoms with van der Waals surface area (Å²) in [6, 6.07) is 12.0. The molecule has 8 nitrogen and oxygen atoms in total. The van der Waals surface area contributed by atoms with E-state index in [1.807, 2.05) is 24.3 Å². The molecule has 0 unspecified atom stereocenters. The number of ether oxygens (including phenoxy) is 1. The number of alkyl halides is 3. The highest BCUT2D eigenvalue weighted by Gasteiger charge is 2.38. The Labute approximate surface area is 198 Å². The summed E-state index contributed by atoms with van der Waals surface area (Å²) in [5.74, 6) is 0.429. The summed E-state index contributed by atoms with van der Waals surface area (Å²) >= 11 is 0. The normalized spacial score (nSPS) is 12.6. The van der Waals surface area contributed by atoms with Gasteiger partial charge in [0.05, 0.1) is 6.61 Å². The van der Waals surface area contributed by atoms with Gasteiger partial charge >= 0.3 is 6.18 Å². The van der Waals surface area contributed by atoms with Gasteiger partial charge in [-0.25, -0.2) is 0 Å². The Morgan fingerprint density at radius 2 is 2.06 bits per heavy atom. The van der Waals surface area contributed by atoms with E-state index in [0.29, 0.717) is 22.5 Å². The molecule has 0 aliphatic carbocycles. The summed E-state index contributed by atoms with van der Waals surface area (Å²) in [6.45, 7) is 2.73. The largest absolute Gasteiger partial charge is 0.481 e. The van der Waals surface area contributed by atoms with Gasteiger partial charge in [0.25, 0.3) is 5.89 Å². The van der Waals surface area contributed by atoms with Crippen LogP contribution in [0.5, 0.6) is 5.75 Å². The Hall–Kier alpha value is -3.86. The maximum Gasteiger partial charge on any atom is 0.425 e. The van der Waals surface area contributed by atoms with Crippen LogP contribution in [0.4, 0.5) is 13.2 Å². The van der Waals surface area contributed by atoms with Crippen LogP contribution in [0.1, 0.15) is 12.5 Å². The van der Waals surface area contributed by atoms with Gasteiger partial charge in [-0.1, -0.05) is 17.3 Å². The number of carbonyl (C=O) groups excluding carboxylic acids is 1. The van der Waals surface area contributed by atoms with Crippen molar-refractivity contribution in [3.8, 4) is 28.6 Å². The number of halogens is 3. The van der Waals surface area contributed by atoms with Gasteiger partial charge in [0, 0.05) is 34.8 Å². The molecule has 1 amide bonds. The highest BCUT2D eigenvalue weighted by molar-refractivity contribution is 5.94. The minimum Gasteiger partial charge on any atom is -0.481 e. The van der Waals surface area contributed by atoms with Crippen LogP contribution in [-0.2, 0) is 11.3 Å². The van der Waals surface area contributed by atoms with E-state index in [1.54, 1.807) is 29.8 Å². The van der Waals surface area contributed by atoms with Crippen LogP contribution in [0, 0.1) is 6.92 Å². The van der Waals surface area contributed by atoms with Crippen LogP contribution >= 0.6 is 0 Å². The Morgan fingerprint density at radius 3 is 2.77 bits per heavy atom. The van der Waals surface area contributed by atoms with Crippen LogP contribution in [0.25, 0.3) is 33.7 Å². The molecule has 0 spiro atoms. The number of aliphatic hydroxyl groups is 1. The summed E-state index contributed by atoms with van der Waals surface area (Å²) in [5.41, 5.74) is 2.53. The summed E-state index contributed by atoms with van der Waals surface area (Å²) in [7, 11) is 0. The van der Waals surface area contributed by atoms with Crippen LogP contribution < -0.4 is 10.1 Å². The molecule has 35 heavy (non-hydrogen) atoms. The molecule has 0 aliphatic rings. The first kappa shape index (κ1) is 24.3. The Morgan fingerprint density at radius 1 is 1.26 bits per heavy atom. The van der Waals surface area contributed by atoms with Crippen LogP contribution in [0.2, 0.25) is 0 Å². The van der Waals surface area contributed by atoms with E-state index in [2.05, 4.69) is 15.5 Å². The lowest BCUT2D eigenvalue weighted by Gasteiger charge is -2.19. The van der Waals surface area contributed by atoms with Gasteiger partial charge in [0.15, 0.2) is 6.10 Å². The number of carbonyl (C=O) groups is 1. The van der Waals surface area contributed by atoms with Crippen molar-refractivity contribution in [2.24, 2.45) is 0 Å². The number of nitrogens with one attached hydrogen (secondary N) is 1. The lowest BCUT2D eigenvalue weighted by Crippen LogP contribution is -2.31. The molecule has 0 aliphatic heterocycles. The first-order valence-corrected chi connectivity index (χ1v) is 10.8. The van der Waals surface area contributed by atoms with Gasteiger partial charge in [-0.3, -0.25) is 4.79 Å². The molecule has 0 fully saturated rings. The zero-order valence-corrected chi connectivity index (χ0v) is 19.0. The first-order chi connectivity index (χ1) is 16.7. The molecule has 2 N–H and O–H groups in total. The maximum atomic E-state index is 12.8. The quantitative estimate of drug-likeness (QED) is 0.387. The molecule has 4 rings (SSSR count). The molecular formula is C24H23F3N4O4. The molecule has 0 bridgehead atoms. The summed E-state index contributed by atoms with van der Waals surface area (Å²) in [6.07, 6.45) is -4.62. The van der Waals surface area contributed by atoms with Crippen LogP contribution in [-0.4, -0.2) is 51.2 Å². The summed E-state index contributed by atoms with van der Waals surface area (Å²) in [4.78, 5) is 16.5. The number of hydrogen-bond acceptors (Lipinski definition) is 6. The molecule has 2 aromatic heterocycles. The zero-order chi connectivity index (χ0) is 25.2. The average molecular weight is 488 g/mol. The topological polar surface area (TPSA) is 102 Å². The molecule has 0 radical (unpaired) electrons. The third-order valence-corrected chi connectivity index (χ3v) is 5.42. The SMILES string of the molecule is Cc1cc(-c2nc(-c3cccc4c3ccn4CC(=O)NCCO)no2)ccc1O[C@@H](C)C(F)(F)F. The van der Waals surface area contributed by atoms with E-state index < -0.39 is 12.3 Å². The molecule has 2 heterocycles. The van der Waals surface area contributed by atoms with Crippen molar-refractivity contribution in [3.63, 3.8) is 0 Å². The number of aryl methyl sites for hydroxylation is 1. The van der Waals surface area contributed by atoms with E-state index in [1.165, 1.54) is 6.07 Å². The summed E-state index contributed by atoms with van der Waals surface area (Å²) < 4.78 is 50.7. The van der Waals surface area contributed by atoms with Crippen molar-refractivity contribution in [1.29, 1.82) is 0 Å². The Balaban J connectivity index is 1.57. The van der Waals surface area contributed by atoms with Gasteiger partial charge in [-0.05, 0) is 49.7 Å². The predicted octanol–water partition coefficient (Wildman–Crippen LogP) is 4.10. The van der Waals surface area contributed by atoms with Crippen LogP contribution in [0.15, 0.2) is 53.2 Å². The second-order valence-electron chi connectivity index (χ2n) is 7.96. The minimum absolute atomic E-state index is 0.0884. The smallest absolute Gasteiger partial charge is 0.425 e. The van der Waals surface area contributed by atoms with Gasteiger partial charge in [0.2, 0.25) is 11.7 Å². The van der Waals surface area contributed by atoms with E-state index in [0.717, 1.165) is 17.8 Å². The second kappa shape index (κ2) is 9.79. The third-order valence-electron chi connectivity index (χ3n) is 5.42. The van der Waals surface area contributed by atoms with Gasteiger partial charge in [-0.15, -0.1) is 0 Å². The Kier molecular flexibility index (Phi) is 6.79. The summed E-state index contributed by atoms with van der Waals surface area (Å²) in [5, 5.41) is 16.4. The lowest BCUT2D eigenvalue weighted by molar-refractivity contribution is -0.189. The number of amides is 1. The molecule has 0 saturated heterocycles. The van der Waals surface area contributed by atoms with Crippen molar-refractivity contribution in [3.05, 3.63) is 54.2 Å². The minimum atomic E-state index is -4.46. The van der Waals surface area contributed by atoms with Crippen molar-refractivity contribution in [2.45, 2.75) is 32.7 Å². The molecular weight excluding hydrogens is 465 g/mol. The first-order valence-electron chi connectivity index (χ1n) is 10.8. The number of fused-ring (bicyclic) bond motifs is 1. The second-order valence-corrected chi connectivity index (χ2v) is 7.96. The molecule has 184 valence electrons. The van der Waals surface area contributed by atoms with Crippen LogP contribution in [0.3, 0.4) is 0 Å². The number of aliphatic hydroxyl groups excluding tert-OH is 1. The average Bonchev–Trinajstić information content (AvgIpc) is 3.46. The number of rotatable bonds is 8. The third kappa shape index (κ3) is 5.29. The fraction of sp³-hybridized carbons (Fsp3) is 0.292. The lowest BCUT2D eigenvalue weighted by atomic mass is 10.1. The number of aromatic nitrogens is 3. The van der Waals surface area contributed by atoms with E-state index in [9.17, 15) is 18.0 Å². The molecule has 1 atom stereocenters. The van der Waals surface area contributed by atoms with Crippen molar-refractivity contribution in [1.82, 2.24) is 20.0 Å². The van der Waals surface area contributed by atoms with E-state index in [-0.39, 0.29) is 37.2 Å². The van der Waals surface area contributed by atoms with E-state index in [4.69, 9.17) is 14.4 Å². The highest BCUT2D eigenvalue weighted by atomic mass is 19.4. The van der Waals surface area contributed by atoms with E-state index >= 15 is 0 Å². The molecule has 4 aromatic rings. The maximum absolute atomic E-state index is 12.8. The van der Waals surface area contributed by atoms with Gasteiger partial charge in [-0.2, -0.15) is 18.2 Å².